The average Bonchev–Trinajstić information content (AvgIpc) is 2.33. The third kappa shape index (κ3) is 3.05. The number of likely N-dealkylation sites (N-methyl/N-ethyl adjacent to an activating group) is 1. The second-order valence-electron chi connectivity index (χ2n) is 5.34. The van der Waals surface area contributed by atoms with Gasteiger partial charge in [0.2, 0.25) is 0 Å². The smallest absolute Gasteiger partial charge is 0.137 e. The van der Waals surface area contributed by atoms with Crippen molar-refractivity contribution in [1.82, 2.24) is 10.2 Å². The van der Waals surface area contributed by atoms with Gasteiger partial charge in [-0.3, -0.25) is 4.79 Å². The molecule has 2 rings (SSSR count). The van der Waals surface area contributed by atoms with Crippen molar-refractivity contribution in [2.24, 2.45) is 5.92 Å². The Bertz CT molecular complexity index is 236. The molecule has 3 nitrogen and oxygen atoms in total. The minimum Gasteiger partial charge on any atom is -0.314 e. The first-order valence-electron chi connectivity index (χ1n) is 6.71. The minimum atomic E-state index is 0.379. The van der Waals surface area contributed by atoms with E-state index in [1.807, 2.05) is 0 Å². The first-order chi connectivity index (χ1) is 7.77. The second kappa shape index (κ2) is 5.78. The van der Waals surface area contributed by atoms with Crippen LogP contribution in [0.4, 0.5) is 0 Å². The Hall–Kier alpha value is -0.410. The van der Waals surface area contributed by atoms with Crippen LogP contribution in [0.3, 0.4) is 0 Å². The lowest BCUT2D eigenvalue weighted by molar-refractivity contribution is -0.125. The van der Waals surface area contributed by atoms with Crippen LogP contribution in [-0.4, -0.2) is 43.4 Å². The lowest BCUT2D eigenvalue weighted by Gasteiger charge is -2.33. The largest absolute Gasteiger partial charge is 0.314 e. The zero-order valence-corrected chi connectivity index (χ0v) is 10.4. The summed E-state index contributed by atoms with van der Waals surface area (Å²) in [6.07, 6.45) is 6.89. The number of hydrogen-bond acceptors (Lipinski definition) is 3. The maximum Gasteiger partial charge on any atom is 0.137 e. The second-order valence-corrected chi connectivity index (χ2v) is 5.34. The Labute approximate surface area is 98.6 Å². The van der Waals surface area contributed by atoms with Gasteiger partial charge in [-0.15, -0.1) is 0 Å². The molecule has 1 atom stereocenters. The van der Waals surface area contributed by atoms with Crippen molar-refractivity contribution < 1.29 is 4.79 Å². The van der Waals surface area contributed by atoms with Crippen LogP contribution in [0.1, 0.15) is 38.5 Å². The Kier molecular flexibility index (Phi) is 4.36. The van der Waals surface area contributed by atoms with Gasteiger partial charge >= 0.3 is 0 Å². The van der Waals surface area contributed by atoms with Crippen molar-refractivity contribution >= 4 is 5.78 Å². The topological polar surface area (TPSA) is 32.3 Å². The number of rotatable bonds is 3. The van der Waals surface area contributed by atoms with Crippen molar-refractivity contribution in [3.63, 3.8) is 0 Å². The normalized spacial score (nSPS) is 29.2. The van der Waals surface area contributed by atoms with Gasteiger partial charge in [0.15, 0.2) is 0 Å². The van der Waals surface area contributed by atoms with E-state index in [1.54, 1.807) is 0 Å². The number of piperazine rings is 1. The summed E-state index contributed by atoms with van der Waals surface area (Å²) in [4.78, 5) is 14.5. The highest BCUT2D eigenvalue weighted by molar-refractivity contribution is 5.81. The first-order valence-corrected chi connectivity index (χ1v) is 6.71. The van der Waals surface area contributed by atoms with Gasteiger partial charge < -0.3 is 10.2 Å². The highest BCUT2D eigenvalue weighted by atomic mass is 16.1. The predicted molar refractivity (Wildman–Crippen MR) is 65.5 cm³/mol. The molecular formula is C13H24N2O. The fourth-order valence-corrected chi connectivity index (χ4v) is 2.91. The molecule has 1 heterocycles. The van der Waals surface area contributed by atoms with E-state index >= 15 is 0 Å². The molecule has 0 aromatic carbocycles. The predicted octanol–water partition coefficient (Wildman–Crippen LogP) is 1.43. The molecule has 1 aliphatic carbocycles. The van der Waals surface area contributed by atoms with Gasteiger partial charge in [0.25, 0.3) is 0 Å². The molecule has 2 fully saturated rings. The molecule has 0 bridgehead atoms. The van der Waals surface area contributed by atoms with E-state index in [2.05, 4.69) is 17.3 Å². The van der Waals surface area contributed by atoms with Gasteiger partial charge in [0, 0.05) is 38.0 Å². The molecule has 1 saturated heterocycles. The number of nitrogens with zero attached hydrogens (tertiary/aromatic N) is 1. The van der Waals surface area contributed by atoms with Gasteiger partial charge in [-0.2, -0.15) is 0 Å². The molecule has 1 aliphatic heterocycles. The molecule has 1 saturated carbocycles. The summed E-state index contributed by atoms with van der Waals surface area (Å²) in [6, 6.07) is 0.433. The molecule has 0 aromatic rings. The summed E-state index contributed by atoms with van der Waals surface area (Å²) in [5.41, 5.74) is 0. The first kappa shape index (κ1) is 12.1. The lowest BCUT2D eigenvalue weighted by atomic mass is 9.84. The zero-order valence-electron chi connectivity index (χ0n) is 10.4. The highest BCUT2D eigenvalue weighted by Gasteiger charge is 2.26. The summed E-state index contributed by atoms with van der Waals surface area (Å²) < 4.78 is 0. The van der Waals surface area contributed by atoms with E-state index in [0.29, 0.717) is 17.7 Å². The van der Waals surface area contributed by atoms with Crippen LogP contribution in [0, 0.1) is 5.92 Å². The fraction of sp³-hybridized carbons (Fsp3) is 0.923. The summed E-state index contributed by atoms with van der Waals surface area (Å²) in [7, 11) is 2.14. The van der Waals surface area contributed by atoms with Crippen LogP contribution in [0.25, 0.3) is 0 Å². The quantitative estimate of drug-likeness (QED) is 0.787. The Morgan fingerprint density at radius 3 is 2.75 bits per heavy atom. The van der Waals surface area contributed by atoms with E-state index in [-0.39, 0.29) is 0 Å². The lowest BCUT2D eigenvalue weighted by Crippen LogP contribution is -2.50. The molecule has 1 unspecified atom stereocenters. The molecule has 2 aliphatic rings. The number of Topliss-reactive ketones (excluding diaryl/α,β-unsaturated/α-hetero) is 1. The molecule has 0 aromatic heterocycles. The van der Waals surface area contributed by atoms with E-state index in [1.165, 1.54) is 19.3 Å². The van der Waals surface area contributed by atoms with Crippen molar-refractivity contribution in [2.75, 3.05) is 26.7 Å². The number of ketones is 1. The monoisotopic (exact) mass is 224 g/mol. The summed E-state index contributed by atoms with van der Waals surface area (Å²) in [5.74, 6) is 0.893. The zero-order chi connectivity index (χ0) is 11.4. The van der Waals surface area contributed by atoms with Gasteiger partial charge in [0.05, 0.1) is 0 Å². The molecule has 0 spiro atoms. The summed E-state index contributed by atoms with van der Waals surface area (Å²) in [6.45, 7) is 3.11. The minimum absolute atomic E-state index is 0.379. The molecule has 3 heteroatoms. The van der Waals surface area contributed by atoms with Crippen molar-refractivity contribution in [1.29, 1.82) is 0 Å². The van der Waals surface area contributed by atoms with Crippen LogP contribution in [0.5, 0.6) is 0 Å². The Morgan fingerprint density at radius 2 is 2.06 bits per heavy atom. The maximum atomic E-state index is 12.2. The molecule has 0 radical (unpaired) electrons. The summed E-state index contributed by atoms with van der Waals surface area (Å²) >= 11 is 0. The maximum absolute atomic E-state index is 12.2. The number of carbonyl (C=O) groups is 1. The molecular weight excluding hydrogens is 200 g/mol. The standard InChI is InChI=1S/C13H24N2O/c1-15-8-7-14-10-12(15)9-13(16)11-5-3-2-4-6-11/h11-12,14H,2-10H2,1H3. The molecule has 1 N–H and O–H groups in total. The SMILES string of the molecule is CN1CCNCC1CC(=O)C1CCCCC1. The number of carbonyl (C=O) groups excluding carboxylic acids is 1. The fourth-order valence-electron chi connectivity index (χ4n) is 2.91. The molecule has 0 amide bonds. The van der Waals surface area contributed by atoms with E-state index < -0.39 is 0 Å². The van der Waals surface area contributed by atoms with E-state index in [9.17, 15) is 4.79 Å². The van der Waals surface area contributed by atoms with Crippen LogP contribution in [-0.2, 0) is 4.79 Å². The number of nitrogens with one attached hydrogen (secondary N) is 1. The van der Waals surface area contributed by atoms with Crippen LogP contribution >= 0.6 is 0 Å². The van der Waals surface area contributed by atoms with Crippen molar-refractivity contribution in [3.05, 3.63) is 0 Å². The average molecular weight is 224 g/mol. The third-order valence-electron chi connectivity index (χ3n) is 4.14. The van der Waals surface area contributed by atoms with Crippen molar-refractivity contribution in [2.45, 2.75) is 44.6 Å². The van der Waals surface area contributed by atoms with E-state index in [0.717, 1.165) is 38.9 Å². The van der Waals surface area contributed by atoms with Crippen molar-refractivity contribution in [3.8, 4) is 0 Å². The number of hydrogen-bond donors (Lipinski definition) is 1. The van der Waals surface area contributed by atoms with Crippen LogP contribution in [0.2, 0.25) is 0 Å². The van der Waals surface area contributed by atoms with Gasteiger partial charge in [-0.25, -0.2) is 0 Å². The molecule has 16 heavy (non-hydrogen) atoms. The van der Waals surface area contributed by atoms with Crippen LogP contribution < -0.4 is 5.32 Å². The Balaban J connectivity index is 1.80. The van der Waals surface area contributed by atoms with Gasteiger partial charge in [0.1, 0.15) is 5.78 Å². The third-order valence-corrected chi connectivity index (χ3v) is 4.14. The van der Waals surface area contributed by atoms with Crippen LogP contribution in [0.15, 0.2) is 0 Å². The molecule has 92 valence electrons. The Morgan fingerprint density at radius 1 is 1.31 bits per heavy atom. The summed E-state index contributed by atoms with van der Waals surface area (Å²) in [5, 5.41) is 3.38. The van der Waals surface area contributed by atoms with E-state index in [4.69, 9.17) is 0 Å². The highest BCUT2D eigenvalue weighted by Crippen LogP contribution is 2.26. The van der Waals surface area contributed by atoms with Gasteiger partial charge in [-0.1, -0.05) is 19.3 Å². The van der Waals surface area contributed by atoms with Gasteiger partial charge in [-0.05, 0) is 19.9 Å².